The number of alkyl halides is 3. The molecule has 3 N–H and O–H groups in total. The van der Waals surface area contributed by atoms with Gasteiger partial charge in [-0.25, -0.2) is 5.43 Å². The Labute approximate surface area is 235 Å². The summed E-state index contributed by atoms with van der Waals surface area (Å²) in [4.78, 5) is 36.6. The molecule has 0 saturated heterocycles. The number of hydrazone groups is 1. The number of methoxy groups -OCH3 is 1. The molecule has 0 radical (unpaired) electrons. The monoisotopic (exact) mass is 620 g/mol. The van der Waals surface area contributed by atoms with Crippen LogP contribution in [0.4, 0.5) is 24.5 Å². The van der Waals surface area contributed by atoms with Crippen LogP contribution in [0.15, 0.2) is 64.2 Å². The lowest BCUT2D eigenvalue weighted by atomic mass is 10.1. The predicted octanol–water partition coefficient (Wildman–Crippen LogP) is 5.20. The third-order valence-corrected chi connectivity index (χ3v) is 6.10. The number of anilines is 2. The Morgan fingerprint density at radius 1 is 1.00 bits per heavy atom. The molecule has 0 saturated carbocycles. The van der Waals surface area contributed by atoms with Gasteiger partial charge in [0.1, 0.15) is 0 Å². The summed E-state index contributed by atoms with van der Waals surface area (Å²) in [5.74, 6) is -2.22. The van der Waals surface area contributed by atoms with Gasteiger partial charge in [-0.2, -0.15) is 18.3 Å². The normalized spacial score (nSPS) is 11.2. The van der Waals surface area contributed by atoms with Crippen molar-refractivity contribution in [2.45, 2.75) is 20.0 Å². The Morgan fingerprint density at radius 2 is 1.73 bits per heavy atom. The van der Waals surface area contributed by atoms with Crippen LogP contribution in [0.5, 0.6) is 11.5 Å². The molecule has 0 aliphatic rings. The van der Waals surface area contributed by atoms with E-state index in [1.54, 1.807) is 18.2 Å². The molecule has 0 aromatic heterocycles. The Morgan fingerprint density at radius 3 is 2.42 bits per heavy atom. The highest BCUT2D eigenvalue weighted by molar-refractivity contribution is 9.10. The van der Waals surface area contributed by atoms with E-state index in [2.05, 4.69) is 37.1 Å². The van der Waals surface area contributed by atoms with Crippen molar-refractivity contribution in [1.82, 2.24) is 5.43 Å². The fourth-order valence-electron chi connectivity index (χ4n) is 3.34. The van der Waals surface area contributed by atoms with Crippen LogP contribution in [0, 0.1) is 13.8 Å². The van der Waals surface area contributed by atoms with Gasteiger partial charge in [-0.3, -0.25) is 14.4 Å². The lowest BCUT2D eigenvalue weighted by Gasteiger charge is -2.14. The summed E-state index contributed by atoms with van der Waals surface area (Å²) < 4.78 is 49.8. The Bertz CT molecular complexity index is 1460. The van der Waals surface area contributed by atoms with Crippen LogP contribution in [0.1, 0.15) is 22.3 Å². The number of ether oxygens (including phenoxy) is 2. The number of halogens is 4. The van der Waals surface area contributed by atoms with Gasteiger partial charge in [-0.15, -0.1) is 0 Å². The first kappa shape index (κ1) is 30.2. The van der Waals surface area contributed by atoms with E-state index in [9.17, 15) is 27.6 Å². The van der Waals surface area contributed by atoms with Crippen LogP contribution in [-0.2, 0) is 20.6 Å². The first-order chi connectivity index (χ1) is 18.9. The average molecular weight is 621 g/mol. The molecule has 210 valence electrons. The van der Waals surface area contributed by atoms with Gasteiger partial charge in [0.15, 0.2) is 18.1 Å². The summed E-state index contributed by atoms with van der Waals surface area (Å²) in [5.41, 5.74) is 3.95. The molecule has 13 heteroatoms. The summed E-state index contributed by atoms with van der Waals surface area (Å²) in [6.07, 6.45) is -3.28. The number of hydrogen-bond donors (Lipinski definition) is 3. The van der Waals surface area contributed by atoms with E-state index in [-0.39, 0.29) is 17.2 Å². The number of carbonyl (C=O) groups excluding carboxylic acids is 3. The Hall–Kier alpha value is -4.39. The fraction of sp³-hybridized carbons (Fsp3) is 0.185. The maximum atomic E-state index is 12.9. The third-order valence-electron chi connectivity index (χ3n) is 5.51. The summed E-state index contributed by atoms with van der Waals surface area (Å²) in [6.45, 7) is 3.18. The minimum atomic E-state index is -4.55. The molecule has 3 amide bonds. The lowest BCUT2D eigenvalue weighted by molar-refractivity contribution is -0.137. The van der Waals surface area contributed by atoms with Crippen LogP contribution >= 0.6 is 15.9 Å². The summed E-state index contributed by atoms with van der Waals surface area (Å²) in [5, 5.41) is 8.67. The number of benzene rings is 3. The number of amides is 3. The van der Waals surface area contributed by atoms with Gasteiger partial charge in [0, 0.05) is 11.4 Å². The van der Waals surface area contributed by atoms with Gasteiger partial charge in [-0.05, 0) is 82.9 Å². The molecule has 3 rings (SSSR count). The Balaban J connectivity index is 1.60. The molecule has 3 aromatic rings. The minimum absolute atomic E-state index is 0.0363. The van der Waals surface area contributed by atoms with Crippen molar-refractivity contribution in [1.29, 1.82) is 0 Å². The number of rotatable bonds is 8. The first-order valence-corrected chi connectivity index (χ1v) is 12.4. The quantitative estimate of drug-likeness (QED) is 0.182. The highest BCUT2D eigenvalue weighted by Crippen LogP contribution is 2.36. The van der Waals surface area contributed by atoms with Gasteiger partial charge >= 0.3 is 18.0 Å². The molecule has 0 fully saturated rings. The second-order valence-corrected chi connectivity index (χ2v) is 9.20. The standard InChI is InChI=1S/C27H24BrF3N4O5/c1-15-6-4-9-21(16(15)2)34-25(37)26(38)35-32-13-17-10-20(28)24(22(11-17)39-3)40-14-23(36)33-19-8-5-7-18(12-19)27(29,30)31/h4-13H,14H2,1-3H3,(H,33,36)(H,34,37)(H,35,38)/b32-13+. The molecular weight excluding hydrogens is 597 g/mol. The molecule has 0 atom stereocenters. The summed E-state index contributed by atoms with van der Waals surface area (Å²) in [7, 11) is 1.36. The highest BCUT2D eigenvalue weighted by Gasteiger charge is 2.30. The molecule has 0 unspecified atom stereocenters. The fourth-order valence-corrected chi connectivity index (χ4v) is 3.92. The zero-order chi connectivity index (χ0) is 29.4. The van der Waals surface area contributed by atoms with Crippen molar-refractivity contribution < 1.29 is 37.0 Å². The van der Waals surface area contributed by atoms with Gasteiger partial charge in [0.05, 0.1) is 23.4 Å². The second-order valence-electron chi connectivity index (χ2n) is 8.35. The molecule has 0 aliphatic carbocycles. The van der Waals surface area contributed by atoms with E-state index in [4.69, 9.17) is 9.47 Å². The zero-order valence-electron chi connectivity index (χ0n) is 21.5. The maximum absolute atomic E-state index is 12.9. The van der Waals surface area contributed by atoms with Crippen molar-refractivity contribution in [2.24, 2.45) is 5.10 Å². The van der Waals surface area contributed by atoms with Gasteiger partial charge in [0.25, 0.3) is 5.91 Å². The van der Waals surface area contributed by atoms with Gasteiger partial charge < -0.3 is 20.1 Å². The van der Waals surface area contributed by atoms with Crippen molar-refractivity contribution in [3.8, 4) is 11.5 Å². The largest absolute Gasteiger partial charge is 0.493 e. The highest BCUT2D eigenvalue weighted by atomic mass is 79.9. The molecule has 40 heavy (non-hydrogen) atoms. The van der Waals surface area contributed by atoms with Crippen molar-refractivity contribution in [3.05, 3.63) is 81.3 Å². The van der Waals surface area contributed by atoms with Crippen molar-refractivity contribution in [2.75, 3.05) is 24.4 Å². The van der Waals surface area contributed by atoms with Crippen LogP contribution in [0.2, 0.25) is 0 Å². The topological polar surface area (TPSA) is 118 Å². The maximum Gasteiger partial charge on any atom is 0.416 e. The molecule has 0 aliphatic heterocycles. The van der Waals surface area contributed by atoms with E-state index in [1.165, 1.54) is 31.5 Å². The first-order valence-electron chi connectivity index (χ1n) is 11.6. The lowest BCUT2D eigenvalue weighted by Crippen LogP contribution is -2.32. The second kappa shape index (κ2) is 13.1. The van der Waals surface area contributed by atoms with Gasteiger partial charge in [0.2, 0.25) is 0 Å². The number of nitrogens with one attached hydrogen (secondary N) is 3. The summed E-state index contributed by atoms with van der Waals surface area (Å²) in [6, 6.07) is 12.6. The van der Waals surface area contributed by atoms with E-state index in [0.717, 1.165) is 23.3 Å². The van der Waals surface area contributed by atoms with Crippen LogP contribution in [-0.4, -0.2) is 37.7 Å². The number of hydrogen-bond acceptors (Lipinski definition) is 6. The minimum Gasteiger partial charge on any atom is -0.493 e. The SMILES string of the molecule is COc1cc(/C=N/NC(=O)C(=O)Nc2cccc(C)c2C)cc(Br)c1OCC(=O)Nc1cccc(C(F)(F)F)c1. The van der Waals surface area contributed by atoms with Crippen molar-refractivity contribution in [3.63, 3.8) is 0 Å². The smallest absolute Gasteiger partial charge is 0.416 e. The van der Waals surface area contributed by atoms with Crippen LogP contribution in [0.25, 0.3) is 0 Å². The Kier molecular flexibility index (Phi) is 9.88. The predicted molar refractivity (Wildman–Crippen MR) is 147 cm³/mol. The average Bonchev–Trinajstić information content (AvgIpc) is 2.90. The number of aryl methyl sites for hydroxylation is 1. The summed E-state index contributed by atoms with van der Waals surface area (Å²) >= 11 is 3.31. The van der Waals surface area contributed by atoms with E-state index in [1.807, 2.05) is 19.9 Å². The molecule has 0 spiro atoms. The zero-order valence-corrected chi connectivity index (χ0v) is 23.1. The molecule has 0 bridgehead atoms. The van der Waals surface area contributed by atoms with E-state index < -0.39 is 36.1 Å². The number of carbonyl (C=O) groups is 3. The molecule has 3 aromatic carbocycles. The van der Waals surface area contributed by atoms with Gasteiger partial charge in [-0.1, -0.05) is 18.2 Å². The molecular formula is C27H24BrF3N4O5. The van der Waals surface area contributed by atoms with E-state index >= 15 is 0 Å². The van der Waals surface area contributed by atoms with Crippen LogP contribution < -0.4 is 25.5 Å². The van der Waals surface area contributed by atoms with Crippen LogP contribution in [0.3, 0.4) is 0 Å². The van der Waals surface area contributed by atoms with E-state index in [0.29, 0.717) is 15.7 Å². The molecule has 0 heterocycles. The molecule has 9 nitrogen and oxygen atoms in total. The van der Waals surface area contributed by atoms with Crippen molar-refractivity contribution >= 4 is 51.2 Å². The number of nitrogens with zero attached hydrogens (tertiary/aromatic N) is 1. The third kappa shape index (κ3) is 8.06.